The number of carbonyl (C=O) groups is 2. The van der Waals surface area contributed by atoms with Gasteiger partial charge in [0.05, 0.1) is 56.1 Å². The van der Waals surface area contributed by atoms with E-state index >= 15 is 0 Å². The van der Waals surface area contributed by atoms with Crippen molar-refractivity contribution in [2.75, 3.05) is 60.3 Å². The third-order valence-corrected chi connectivity index (χ3v) is 8.11. The van der Waals surface area contributed by atoms with Crippen molar-refractivity contribution in [2.24, 2.45) is 22.6 Å². The standard InChI is InChI=1S/C31H47N5O14/c1-4-18-19(7-6-17-12-36(9-11-38)13-20(26(41)42)23(17)35-30(32)34-8-5-10-37)21(27(43)46-3)15-47-28(18)50-29-25(48-16-33-2)31(44,45)24(40)22(14-39)49-29/h4,6-7,12,15,18-19,22,24-25,28-29,33,37-40,44-45H,1,5,8-11,13-14,16H2,2-3H3,(H,41,42)(H3,32,34,35)/p+1. The summed E-state index contributed by atoms with van der Waals surface area (Å²) in [5.41, 5.74) is 6.42. The highest BCUT2D eigenvalue weighted by molar-refractivity contribution is 5.92. The Bertz CT molecular complexity index is 1350. The van der Waals surface area contributed by atoms with Crippen LogP contribution in [-0.4, -0.2) is 151 Å². The third-order valence-electron chi connectivity index (χ3n) is 8.11. The lowest BCUT2D eigenvalue weighted by Crippen LogP contribution is -3.09. The van der Waals surface area contributed by atoms with Gasteiger partial charge in [0.25, 0.3) is 0 Å². The van der Waals surface area contributed by atoms with Crippen molar-refractivity contribution in [2.45, 2.75) is 43.1 Å². The van der Waals surface area contributed by atoms with Gasteiger partial charge in [-0.15, -0.1) is 6.58 Å². The number of rotatable bonds is 17. The molecular formula is C31H48N5O14+. The van der Waals surface area contributed by atoms with E-state index in [0.29, 0.717) is 16.9 Å². The highest BCUT2D eigenvalue weighted by Gasteiger charge is 2.57. The van der Waals surface area contributed by atoms with Crippen molar-refractivity contribution in [3.05, 3.63) is 59.7 Å². The van der Waals surface area contributed by atoms with Gasteiger partial charge >= 0.3 is 11.9 Å². The van der Waals surface area contributed by atoms with Crippen LogP contribution < -0.4 is 21.3 Å². The molecule has 19 nitrogen and oxygen atoms in total. The van der Waals surface area contributed by atoms with Gasteiger partial charge in [-0.25, -0.2) is 9.59 Å². The van der Waals surface area contributed by atoms with Crippen molar-refractivity contribution in [3.63, 3.8) is 0 Å². The van der Waals surface area contributed by atoms with E-state index in [-0.39, 0.29) is 62.4 Å². The number of nitrogens with two attached hydrogens (primary N) is 1. The average Bonchev–Trinajstić information content (AvgIpc) is 3.09. The number of nitrogens with one attached hydrogen (secondary N) is 3. The van der Waals surface area contributed by atoms with Crippen LogP contribution in [0.15, 0.2) is 64.7 Å². The Labute approximate surface area is 288 Å². The van der Waals surface area contributed by atoms with E-state index in [1.807, 2.05) is 0 Å². The molecule has 0 aromatic heterocycles. The second kappa shape index (κ2) is 19.0. The molecular weight excluding hydrogens is 666 g/mol. The Morgan fingerprint density at radius 2 is 1.98 bits per heavy atom. The summed E-state index contributed by atoms with van der Waals surface area (Å²) in [5.74, 6) is -6.89. The van der Waals surface area contributed by atoms with Crippen molar-refractivity contribution in [3.8, 4) is 0 Å². The van der Waals surface area contributed by atoms with E-state index in [2.05, 4.69) is 22.2 Å². The van der Waals surface area contributed by atoms with E-state index in [0.717, 1.165) is 6.26 Å². The number of nitrogens with zero attached hydrogens (tertiary/aromatic N) is 1. The van der Waals surface area contributed by atoms with Crippen LogP contribution in [0.3, 0.4) is 0 Å². The molecule has 3 aliphatic heterocycles. The van der Waals surface area contributed by atoms with Crippen molar-refractivity contribution in [1.29, 1.82) is 0 Å². The Kier molecular flexibility index (Phi) is 15.5. The van der Waals surface area contributed by atoms with Crippen LogP contribution in [0.25, 0.3) is 0 Å². The van der Waals surface area contributed by atoms with Crippen LogP contribution in [0.4, 0.5) is 0 Å². The highest BCUT2D eigenvalue weighted by Crippen LogP contribution is 2.38. The fraction of sp³-hybridized carbons (Fsp3) is 0.581. The Morgan fingerprint density at radius 1 is 1.24 bits per heavy atom. The molecule has 0 amide bonds. The zero-order valence-corrected chi connectivity index (χ0v) is 27.8. The second-order valence-corrected chi connectivity index (χ2v) is 11.5. The number of carboxylic acid groups (broad SMARTS) is 1. The van der Waals surface area contributed by atoms with Crippen LogP contribution in [-0.2, 0) is 33.3 Å². The van der Waals surface area contributed by atoms with Crippen molar-refractivity contribution in [1.82, 2.24) is 10.6 Å². The van der Waals surface area contributed by atoms with Crippen LogP contribution in [0.2, 0.25) is 0 Å². The summed E-state index contributed by atoms with van der Waals surface area (Å²) >= 11 is 0. The predicted molar refractivity (Wildman–Crippen MR) is 172 cm³/mol. The fourth-order valence-electron chi connectivity index (χ4n) is 5.56. The van der Waals surface area contributed by atoms with Gasteiger partial charge in [-0.2, -0.15) is 0 Å². The number of quaternary nitrogens is 1. The first-order valence-electron chi connectivity index (χ1n) is 15.8. The maximum atomic E-state index is 12.9. The lowest BCUT2D eigenvalue weighted by atomic mass is 9.83. The normalized spacial score (nSPS) is 30.0. The molecule has 50 heavy (non-hydrogen) atoms. The highest BCUT2D eigenvalue weighted by atomic mass is 16.8. The maximum Gasteiger partial charge on any atom is 0.339 e. The molecule has 0 radical (unpaired) electrons. The molecule has 0 aromatic carbocycles. The zero-order chi connectivity index (χ0) is 37.0. The smallest absolute Gasteiger partial charge is 0.339 e. The number of aliphatic hydroxyl groups is 6. The maximum absolute atomic E-state index is 12.9. The number of esters is 1. The minimum Gasteiger partial charge on any atom is -0.478 e. The summed E-state index contributed by atoms with van der Waals surface area (Å²) in [6, 6.07) is 0. The number of hydrogen-bond acceptors (Lipinski definition) is 15. The molecule has 1 fully saturated rings. The summed E-state index contributed by atoms with van der Waals surface area (Å²) in [7, 11) is 2.69. The number of methoxy groups -OCH3 is 1. The molecule has 0 aliphatic carbocycles. The zero-order valence-electron chi connectivity index (χ0n) is 27.8. The first kappa shape index (κ1) is 40.7. The van der Waals surface area contributed by atoms with Gasteiger partial charge in [0.1, 0.15) is 37.1 Å². The van der Waals surface area contributed by atoms with E-state index in [4.69, 9.17) is 34.5 Å². The van der Waals surface area contributed by atoms with Gasteiger partial charge in [-0.1, -0.05) is 18.2 Å². The monoisotopic (exact) mass is 714 g/mol. The topological polar surface area (TPSA) is 289 Å². The van der Waals surface area contributed by atoms with Crippen LogP contribution in [0.1, 0.15) is 6.42 Å². The van der Waals surface area contributed by atoms with Gasteiger partial charge in [-0.05, 0) is 13.5 Å². The van der Waals surface area contributed by atoms with Gasteiger partial charge < -0.3 is 75.4 Å². The Morgan fingerprint density at radius 3 is 2.58 bits per heavy atom. The number of aliphatic imine (C=N–C) groups is 1. The molecule has 12 N–H and O–H groups in total. The van der Waals surface area contributed by atoms with E-state index in [1.54, 1.807) is 12.3 Å². The van der Waals surface area contributed by atoms with E-state index < -0.39 is 67.1 Å². The van der Waals surface area contributed by atoms with Gasteiger partial charge in [0, 0.05) is 19.1 Å². The lowest BCUT2D eigenvalue weighted by Gasteiger charge is -2.47. The SMILES string of the molecule is C=CC1C(OC2OC(CO)C(O)C(O)(O)C2OCNC)OC=C(C(=O)OC)C1C=CC1=C[NH+](CCO)CC(C(=O)O)=C1NC(N)=NCCCO. The number of ether oxygens (including phenoxy) is 5. The molecule has 0 aromatic rings. The number of carbonyl (C=O) groups excluding carboxylic acids is 1. The molecule has 3 aliphatic rings. The van der Waals surface area contributed by atoms with Crippen LogP contribution >= 0.6 is 0 Å². The minimum atomic E-state index is -2.94. The molecule has 8 atom stereocenters. The Hall–Kier alpha value is -3.73. The van der Waals surface area contributed by atoms with Gasteiger partial charge in [-0.3, -0.25) is 10.3 Å². The fourth-order valence-corrected chi connectivity index (χ4v) is 5.56. The number of aliphatic hydroxyl groups excluding tert-OH is 4. The molecule has 3 rings (SSSR count). The largest absolute Gasteiger partial charge is 0.478 e. The second-order valence-electron chi connectivity index (χ2n) is 11.5. The molecule has 19 heteroatoms. The first-order valence-corrected chi connectivity index (χ1v) is 15.8. The molecule has 1 saturated heterocycles. The molecule has 3 heterocycles. The molecule has 8 unspecified atom stereocenters. The van der Waals surface area contributed by atoms with E-state index in [9.17, 15) is 40.2 Å². The van der Waals surface area contributed by atoms with Gasteiger partial charge in [0.2, 0.25) is 12.1 Å². The van der Waals surface area contributed by atoms with Crippen molar-refractivity contribution < 1.29 is 73.9 Å². The Balaban J connectivity index is 2.05. The summed E-state index contributed by atoms with van der Waals surface area (Å²) < 4.78 is 27.9. The summed E-state index contributed by atoms with van der Waals surface area (Å²) in [6.07, 6.45) is -0.566. The lowest BCUT2D eigenvalue weighted by molar-refractivity contribution is -0.843. The number of allylic oxidation sites excluding steroid dienone is 2. The molecule has 0 saturated carbocycles. The van der Waals surface area contributed by atoms with Gasteiger partial charge in [0.15, 0.2) is 18.4 Å². The van der Waals surface area contributed by atoms with Crippen molar-refractivity contribution >= 4 is 17.9 Å². The van der Waals surface area contributed by atoms with Crippen LogP contribution in [0.5, 0.6) is 0 Å². The number of aliphatic carboxylic acids is 1. The summed E-state index contributed by atoms with van der Waals surface area (Å²) in [6.45, 7) is 2.83. The molecule has 0 spiro atoms. The number of hydrogen-bond donors (Lipinski definition) is 11. The molecule has 280 valence electrons. The van der Waals surface area contributed by atoms with E-state index in [1.165, 1.54) is 26.3 Å². The first-order chi connectivity index (χ1) is 23.9. The third kappa shape index (κ3) is 9.74. The number of guanidine groups is 1. The predicted octanol–water partition coefficient (Wildman–Crippen LogP) is -4.89. The summed E-state index contributed by atoms with van der Waals surface area (Å²) in [4.78, 5) is 30.0. The molecule has 0 bridgehead atoms. The minimum absolute atomic E-state index is 0.00577. The quantitative estimate of drug-likeness (QED) is 0.0168. The summed E-state index contributed by atoms with van der Waals surface area (Å²) in [5, 5.41) is 76.0. The average molecular weight is 715 g/mol. The van der Waals surface area contributed by atoms with Crippen LogP contribution in [0, 0.1) is 11.8 Å². The number of carboxylic acids is 1.